The number of rotatable bonds is 2. The van der Waals surface area contributed by atoms with E-state index in [1.54, 1.807) is 35.9 Å². The summed E-state index contributed by atoms with van der Waals surface area (Å²) in [6.07, 6.45) is 1.56. The third-order valence-electron chi connectivity index (χ3n) is 3.56. The minimum absolute atomic E-state index is 0.110. The number of carbonyl (C=O) groups excluding carboxylic acids is 1. The number of carbonyl (C=O) groups is 1. The third-order valence-corrected chi connectivity index (χ3v) is 5.27. The quantitative estimate of drug-likeness (QED) is 0.825. The highest BCUT2D eigenvalue weighted by molar-refractivity contribution is 7.99. The maximum Gasteiger partial charge on any atom is 0.257 e. The monoisotopic (exact) mass is 369 g/mol. The lowest BCUT2D eigenvalue weighted by Crippen LogP contribution is -2.37. The molecular formula is C15H13Cl2N3O2S. The van der Waals surface area contributed by atoms with E-state index in [-0.39, 0.29) is 17.4 Å². The zero-order valence-corrected chi connectivity index (χ0v) is 14.5. The summed E-state index contributed by atoms with van der Waals surface area (Å²) in [5.41, 5.74) is 0.920. The SMILES string of the molecule is Cc1cnc2n(c1=O)CC(C(=O)Nc1cc(Cl)ccc1Cl)CS2. The van der Waals surface area contributed by atoms with Crippen LogP contribution in [0, 0.1) is 12.8 Å². The number of nitrogens with zero attached hydrogens (tertiary/aromatic N) is 2. The minimum Gasteiger partial charge on any atom is -0.324 e. The fourth-order valence-electron chi connectivity index (χ4n) is 2.29. The van der Waals surface area contributed by atoms with Crippen LogP contribution < -0.4 is 10.9 Å². The standard InChI is InChI=1S/C15H13Cl2N3O2S/c1-8-5-18-15-20(14(8)22)6-9(7-23-15)13(21)19-12-4-10(16)2-3-11(12)17/h2-5,9H,6-7H2,1H3,(H,19,21). The molecule has 1 amide bonds. The lowest BCUT2D eigenvalue weighted by Gasteiger charge is -2.24. The number of benzene rings is 1. The summed E-state index contributed by atoms with van der Waals surface area (Å²) in [7, 11) is 0. The molecule has 1 aliphatic heterocycles. The molecule has 8 heteroatoms. The maximum atomic E-state index is 12.5. The smallest absolute Gasteiger partial charge is 0.257 e. The highest BCUT2D eigenvalue weighted by atomic mass is 35.5. The normalized spacial score (nSPS) is 16.7. The Morgan fingerprint density at radius 1 is 1.43 bits per heavy atom. The molecule has 0 saturated heterocycles. The average molecular weight is 370 g/mol. The molecule has 23 heavy (non-hydrogen) atoms. The molecule has 1 aromatic heterocycles. The summed E-state index contributed by atoms with van der Waals surface area (Å²) in [5, 5.41) is 4.33. The van der Waals surface area contributed by atoms with E-state index in [2.05, 4.69) is 10.3 Å². The van der Waals surface area contributed by atoms with Crippen molar-refractivity contribution in [3.63, 3.8) is 0 Å². The highest BCUT2D eigenvalue weighted by Crippen LogP contribution is 2.29. The number of hydrogen-bond donors (Lipinski definition) is 1. The molecular weight excluding hydrogens is 357 g/mol. The van der Waals surface area contributed by atoms with Crippen LogP contribution in [0.4, 0.5) is 5.69 Å². The summed E-state index contributed by atoms with van der Waals surface area (Å²) in [4.78, 5) is 28.9. The Morgan fingerprint density at radius 3 is 3.00 bits per heavy atom. The molecule has 5 nitrogen and oxygen atoms in total. The van der Waals surface area contributed by atoms with Crippen LogP contribution in [0.5, 0.6) is 0 Å². The van der Waals surface area contributed by atoms with Crippen LogP contribution in [0.2, 0.25) is 10.0 Å². The van der Waals surface area contributed by atoms with Gasteiger partial charge in [-0.3, -0.25) is 14.2 Å². The molecule has 1 aromatic carbocycles. The number of anilines is 1. The second-order valence-electron chi connectivity index (χ2n) is 5.26. The first-order valence-corrected chi connectivity index (χ1v) is 8.65. The first kappa shape index (κ1) is 16.4. The van der Waals surface area contributed by atoms with E-state index in [0.717, 1.165) is 0 Å². The Labute approximate surface area is 147 Å². The van der Waals surface area contributed by atoms with Crippen molar-refractivity contribution >= 4 is 46.6 Å². The molecule has 0 spiro atoms. The van der Waals surface area contributed by atoms with Crippen molar-refractivity contribution in [1.82, 2.24) is 9.55 Å². The molecule has 1 atom stereocenters. The number of nitrogens with one attached hydrogen (secondary N) is 1. The number of amides is 1. The molecule has 0 saturated carbocycles. The van der Waals surface area contributed by atoms with Gasteiger partial charge in [-0.05, 0) is 25.1 Å². The van der Waals surface area contributed by atoms with Gasteiger partial charge in [-0.25, -0.2) is 4.98 Å². The number of halogens is 2. The lowest BCUT2D eigenvalue weighted by atomic mass is 10.1. The van der Waals surface area contributed by atoms with Crippen LogP contribution in [-0.2, 0) is 11.3 Å². The molecule has 1 aliphatic rings. The molecule has 0 fully saturated rings. The Morgan fingerprint density at radius 2 is 2.22 bits per heavy atom. The van der Waals surface area contributed by atoms with E-state index in [1.165, 1.54) is 11.8 Å². The molecule has 0 aliphatic carbocycles. The van der Waals surface area contributed by atoms with E-state index in [9.17, 15) is 9.59 Å². The summed E-state index contributed by atoms with van der Waals surface area (Å²) >= 11 is 13.4. The highest BCUT2D eigenvalue weighted by Gasteiger charge is 2.27. The van der Waals surface area contributed by atoms with Gasteiger partial charge >= 0.3 is 0 Å². The summed E-state index contributed by atoms with van der Waals surface area (Å²) < 4.78 is 1.55. The van der Waals surface area contributed by atoms with Gasteiger partial charge in [0.15, 0.2) is 5.16 Å². The zero-order chi connectivity index (χ0) is 16.6. The second-order valence-corrected chi connectivity index (χ2v) is 7.09. The molecule has 2 aromatic rings. The van der Waals surface area contributed by atoms with Gasteiger partial charge in [-0.2, -0.15) is 0 Å². The van der Waals surface area contributed by atoms with Gasteiger partial charge in [0.2, 0.25) is 5.91 Å². The number of fused-ring (bicyclic) bond motifs is 1. The molecule has 0 radical (unpaired) electrons. The van der Waals surface area contributed by atoms with E-state index >= 15 is 0 Å². The first-order valence-electron chi connectivity index (χ1n) is 6.91. The largest absolute Gasteiger partial charge is 0.324 e. The molecule has 0 bridgehead atoms. The van der Waals surface area contributed by atoms with Gasteiger partial charge in [0.1, 0.15) is 0 Å². The molecule has 1 N–H and O–H groups in total. The predicted molar refractivity (Wildman–Crippen MR) is 92.5 cm³/mol. The number of hydrogen-bond acceptors (Lipinski definition) is 4. The van der Waals surface area contributed by atoms with Crippen LogP contribution >= 0.6 is 35.0 Å². The van der Waals surface area contributed by atoms with Crippen molar-refractivity contribution in [3.8, 4) is 0 Å². The summed E-state index contributed by atoms with van der Waals surface area (Å²) in [6, 6.07) is 4.88. The number of aromatic nitrogens is 2. The second kappa shape index (κ2) is 6.55. The topological polar surface area (TPSA) is 64.0 Å². The van der Waals surface area contributed by atoms with E-state index < -0.39 is 0 Å². The van der Waals surface area contributed by atoms with Crippen LogP contribution in [0.25, 0.3) is 0 Å². The van der Waals surface area contributed by atoms with Crippen molar-refractivity contribution in [3.05, 3.63) is 50.4 Å². The van der Waals surface area contributed by atoms with Crippen molar-refractivity contribution in [2.24, 2.45) is 5.92 Å². The number of thioether (sulfide) groups is 1. The van der Waals surface area contributed by atoms with Crippen LogP contribution in [0.1, 0.15) is 5.56 Å². The molecule has 3 rings (SSSR count). The summed E-state index contributed by atoms with van der Waals surface area (Å²) in [5.74, 6) is 0.0176. The van der Waals surface area contributed by atoms with E-state index in [4.69, 9.17) is 23.2 Å². The Bertz CT molecular complexity index is 838. The van der Waals surface area contributed by atoms with Gasteiger partial charge in [-0.15, -0.1) is 0 Å². The molecule has 2 heterocycles. The van der Waals surface area contributed by atoms with Crippen molar-refractivity contribution in [1.29, 1.82) is 0 Å². The third kappa shape index (κ3) is 3.39. The Kier molecular flexibility index (Phi) is 4.66. The Hall–Kier alpha value is -1.50. The molecule has 1 unspecified atom stereocenters. The van der Waals surface area contributed by atoms with Crippen molar-refractivity contribution in [2.45, 2.75) is 18.6 Å². The van der Waals surface area contributed by atoms with Crippen molar-refractivity contribution in [2.75, 3.05) is 11.1 Å². The zero-order valence-electron chi connectivity index (χ0n) is 12.2. The summed E-state index contributed by atoms with van der Waals surface area (Å²) in [6.45, 7) is 2.02. The Balaban J connectivity index is 1.80. The number of aryl methyl sites for hydroxylation is 1. The fourth-order valence-corrected chi connectivity index (χ4v) is 3.67. The maximum absolute atomic E-state index is 12.5. The predicted octanol–water partition coefficient (Wildman–Crippen LogP) is 3.22. The van der Waals surface area contributed by atoms with Crippen LogP contribution in [-0.4, -0.2) is 21.2 Å². The van der Waals surface area contributed by atoms with E-state index in [1.807, 2.05) is 0 Å². The van der Waals surface area contributed by atoms with Gasteiger partial charge < -0.3 is 5.32 Å². The molecule has 120 valence electrons. The van der Waals surface area contributed by atoms with E-state index in [0.29, 0.717) is 38.8 Å². The minimum atomic E-state index is -0.344. The van der Waals surface area contributed by atoms with Gasteiger partial charge in [-0.1, -0.05) is 35.0 Å². The van der Waals surface area contributed by atoms with Crippen molar-refractivity contribution < 1.29 is 4.79 Å². The fraction of sp³-hybridized carbons (Fsp3) is 0.267. The van der Waals surface area contributed by atoms with Crippen LogP contribution in [0.15, 0.2) is 34.3 Å². The first-order chi connectivity index (χ1) is 11.0. The average Bonchev–Trinajstić information content (AvgIpc) is 2.54. The lowest BCUT2D eigenvalue weighted by molar-refractivity contribution is -0.119. The van der Waals surface area contributed by atoms with Gasteiger partial charge in [0.25, 0.3) is 5.56 Å². The van der Waals surface area contributed by atoms with Crippen LogP contribution in [0.3, 0.4) is 0 Å². The van der Waals surface area contributed by atoms with Gasteiger partial charge in [0, 0.05) is 29.1 Å². The van der Waals surface area contributed by atoms with Gasteiger partial charge in [0.05, 0.1) is 16.6 Å².